The second-order valence-corrected chi connectivity index (χ2v) is 10.9. The van der Waals surface area contributed by atoms with Gasteiger partial charge in [0.2, 0.25) is 5.91 Å². The largest absolute Gasteiger partial charge is 0.497 e. The van der Waals surface area contributed by atoms with Gasteiger partial charge in [-0.15, -0.1) is 11.3 Å². The molecule has 1 aliphatic heterocycles. The zero-order chi connectivity index (χ0) is 29.8. The highest BCUT2D eigenvalue weighted by Crippen LogP contribution is 2.41. The number of amides is 1. The first-order valence-electron chi connectivity index (χ1n) is 12.5. The first kappa shape index (κ1) is 29.6. The van der Waals surface area contributed by atoms with Gasteiger partial charge in [-0.2, -0.15) is 13.2 Å². The minimum atomic E-state index is -5.08. The van der Waals surface area contributed by atoms with Crippen LogP contribution in [0.15, 0.2) is 72.8 Å². The summed E-state index contributed by atoms with van der Waals surface area (Å²) in [5.74, 6) is -2.02. The first-order chi connectivity index (χ1) is 19.4. The maximum atomic E-state index is 13.4. The van der Waals surface area contributed by atoms with Crippen molar-refractivity contribution in [2.75, 3.05) is 12.4 Å². The van der Waals surface area contributed by atoms with Crippen molar-refractivity contribution in [3.63, 3.8) is 0 Å². The van der Waals surface area contributed by atoms with Gasteiger partial charge in [-0.05, 0) is 67.0 Å². The lowest BCUT2D eigenvalue weighted by Crippen LogP contribution is -2.42. The van der Waals surface area contributed by atoms with E-state index >= 15 is 0 Å². The van der Waals surface area contributed by atoms with Gasteiger partial charge in [0.1, 0.15) is 10.8 Å². The number of thiazole rings is 1. The fourth-order valence-electron chi connectivity index (χ4n) is 4.44. The zero-order valence-electron chi connectivity index (χ0n) is 22.5. The maximum Gasteiger partial charge on any atom is 0.490 e. The number of fused-ring (bicyclic) bond motifs is 2. The van der Waals surface area contributed by atoms with Gasteiger partial charge in [0.05, 0.1) is 35.3 Å². The highest BCUT2D eigenvalue weighted by atomic mass is 32.1. The predicted octanol–water partition coefficient (Wildman–Crippen LogP) is 6.93. The van der Waals surface area contributed by atoms with Crippen molar-refractivity contribution in [2.45, 2.75) is 38.0 Å². The second-order valence-electron chi connectivity index (χ2n) is 9.85. The number of benzene rings is 3. The Morgan fingerprint density at radius 3 is 2.46 bits per heavy atom. The van der Waals surface area contributed by atoms with E-state index in [-0.39, 0.29) is 23.9 Å². The van der Waals surface area contributed by atoms with Crippen LogP contribution in [0.25, 0.3) is 21.9 Å². The molecule has 3 N–H and O–H groups in total. The van der Waals surface area contributed by atoms with E-state index in [1.165, 1.54) is 0 Å². The number of hydrogen-bond donors (Lipinski definition) is 3. The van der Waals surface area contributed by atoms with Gasteiger partial charge in [-0.1, -0.05) is 42.5 Å². The lowest BCUT2D eigenvalue weighted by molar-refractivity contribution is -0.192. The molecule has 0 saturated carbocycles. The van der Waals surface area contributed by atoms with E-state index in [2.05, 4.69) is 42.7 Å². The number of halogens is 3. The number of alkyl halides is 3. The molecule has 1 aliphatic rings. The third kappa shape index (κ3) is 7.23. The van der Waals surface area contributed by atoms with Gasteiger partial charge >= 0.3 is 12.1 Å². The highest BCUT2D eigenvalue weighted by Gasteiger charge is 2.39. The maximum absolute atomic E-state index is 13.4. The molecule has 0 bridgehead atoms. The predicted molar refractivity (Wildman–Crippen MR) is 154 cm³/mol. The monoisotopic (exact) mass is 583 g/mol. The van der Waals surface area contributed by atoms with E-state index in [1.807, 2.05) is 60.7 Å². The first-order valence-corrected chi connectivity index (χ1v) is 13.4. The number of carboxylic acids is 1. The number of aromatic nitrogens is 1. The molecular weight excluding hydrogens is 555 g/mol. The van der Waals surface area contributed by atoms with E-state index in [9.17, 15) is 18.0 Å². The van der Waals surface area contributed by atoms with Crippen molar-refractivity contribution >= 4 is 50.8 Å². The van der Waals surface area contributed by atoms with Gasteiger partial charge < -0.3 is 20.5 Å². The fraction of sp³-hybridized carbons (Fsp3) is 0.233. The lowest BCUT2D eigenvalue weighted by Gasteiger charge is -2.29. The Bertz CT molecular complexity index is 1560. The van der Waals surface area contributed by atoms with Gasteiger partial charge in [-0.25, -0.2) is 9.78 Å². The summed E-state index contributed by atoms with van der Waals surface area (Å²) in [6.07, 6.45) is -2.82. The van der Waals surface area contributed by atoms with Gasteiger partial charge in [-0.3, -0.25) is 4.79 Å². The van der Waals surface area contributed by atoms with Crippen molar-refractivity contribution < 1.29 is 32.6 Å². The topological polar surface area (TPSA) is 101 Å². The molecule has 0 spiro atoms. The van der Waals surface area contributed by atoms with Gasteiger partial charge in [0.25, 0.3) is 0 Å². The molecule has 1 amide bonds. The van der Waals surface area contributed by atoms with E-state index in [0.717, 1.165) is 43.4 Å². The molecule has 0 radical (unpaired) electrons. The van der Waals surface area contributed by atoms with Crippen molar-refractivity contribution in [2.24, 2.45) is 0 Å². The van der Waals surface area contributed by atoms with Crippen molar-refractivity contribution in [1.82, 2.24) is 10.3 Å². The zero-order valence-corrected chi connectivity index (χ0v) is 23.3. The molecule has 0 fully saturated rings. The average Bonchev–Trinajstić information content (AvgIpc) is 3.46. The number of nitrogens with zero attached hydrogens (tertiary/aromatic N) is 1. The SMILES string of the molecule is COc1cccc(/C=C(/CC(=O)NC2c3ccccc3NC2(C)C)c2nc3ccccc3s2)c1.O=C(O)C(F)(F)F. The smallest absolute Gasteiger partial charge is 0.490 e. The molecule has 7 nitrogen and oxygen atoms in total. The number of hydrogen-bond acceptors (Lipinski definition) is 6. The third-order valence-electron chi connectivity index (χ3n) is 6.35. The fourth-order valence-corrected chi connectivity index (χ4v) is 5.42. The number of aliphatic carboxylic acids is 1. The van der Waals surface area contributed by atoms with Crippen molar-refractivity contribution in [1.29, 1.82) is 0 Å². The molecule has 2 heterocycles. The quantitative estimate of drug-likeness (QED) is 0.228. The van der Waals surface area contributed by atoms with Crippen LogP contribution >= 0.6 is 11.3 Å². The lowest BCUT2D eigenvalue weighted by atomic mass is 9.93. The van der Waals surface area contributed by atoms with Crippen LogP contribution in [-0.2, 0) is 9.59 Å². The molecule has 5 rings (SSSR count). The number of carboxylic acid groups (broad SMARTS) is 1. The van der Waals surface area contributed by atoms with Crippen LogP contribution in [0.3, 0.4) is 0 Å². The Hall–Kier alpha value is -4.38. The van der Waals surface area contributed by atoms with Crippen molar-refractivity contribution in [3.05, 3.63) is 88.9 Å². The Morgan fingerprint density at radius 1 is 1.10 bits per heavy atom. The summed E-state index contributed by atoms with van der Waals surface area (Å²) in [4.78, 5) is 27.1. The normalized spacial score (nSPS) is 15.8. The molecule has 41 heavy (non-hydrogen) atoms. The van der Waals surface area contributed by atoms with E-state index < -0.39 is 12.1 Å². The third-order valence-corrected chi connectivity index (χ3v) is 7.46. The Balaban J connectivity index is 0.000000493. The molecular formula is C30H28F3N3O4S. The van der Waals surface area contributed by atoms with Crippen molar-refractivity contribution in [3.8, 4) is 5.75 Å². The number of para-hydroxylation sites is 2. The summed E-state index contributed by atoms with van der Waals surface area (Å²) in [6.45, 7) is 4.22. The summed E-state index contributed by atoms with van der Waals surface area (Å²) in [6, 6.07) is 23.9. The second kappa shape index (κ2) is 12.0. The molecule has 1 atom stereocenters. The molecule has 0 aliphatic carbocycles. The number of anilines is 1. The summed E-state index contributed by atoms with van der Waals surface area (Å²) >= 11 is 1.60. The number of nitrogens with one attached hydrogen (secondary N) is 2. The molecule has 1 aromatic heterocycles. The number of methoxy groups -OCH3 is 1. The summed E-state index contributed by atoms with van der Waals surface area (Å²) in [5.41, 5.74) is 4.68. The van der Waals surface area contributed by atoms with Crippen LogP contribution in [0.5, 0.6) is 5.75 Å². The van der Waals surface area contributed by atoms with E-state index in [1.54, 1.807) is 18.4 Å². The number of carbonyl (C=O) groups is 2. The summed E-state index contributed by atoms with van der Waals surface area (Å²) < 4.78 is 38.2. The minimum Gasteiger partial charge on any atom is -0.497 e. The molecule has 4 aromatic rings. The van der Waals surface area contributed by atoms with Crippen LogP contribution in [0.1, 0.15) is 42.4 Å². The number of carbonyl (C=O) groups excluding carboxylic acids is 1. The van der Waals surface area contributed by atoms with Crippen LogP contribution in [0.2, 0.25) is 0 Å². The minimum absolute atomic E-state index is 0.0371. The number of ether oxygens (including phenoxy) is 1. The van der Waals surface area contributed by atoms with Crippen LogP contribution < -0.4 is 15.4 Å². The summed E-state index contributed by atoms with van der Waals surface area (Å²) in [7, 11) is 1.65. The van der Waals surface area contributed by atoms with Crippen LogP contribution in [-0.4, -0.2) is 40.8 Å². The molecule has 0 saturated heterocycles. The van der Waals surface area contributed by atoms with Gasteiger partial charge in [0.15, 0.2) is 0 Å². The Labute approximate surface area is 238 Å². The molecule has 11 heteroatoms. The molecule has 3 aromatic carbocycles. The molecule has 1 unspecified atom stereocenters. The Kier molecular flexibility index (Phi) is 8.67. The Morgan fingerprint density at radius 2 is 1.78 bits per heavy atom. The van der Waals surface area contributed by atoms with Crippen LogP contribution in [0, 0.1) is 0 Å². The summed E-state index contributed by atoms with van der Waals surface area (Å²) in [5, 5.41) is 14.8. The average molecular weight is 584 g/mol. The highest BCUT2D eigenvalue weighted by molar-refractivity contribution is 7.19. The van der Waals surface area contributed by atoms with E-state index in [4.69, 9.17) is 19.6 Å². The van der Waals surface area contributed by atoms with Gasteiger partial charge in [0, 0.05) is 5.69 Å². The van der Waals surface area contributed by atoms with E-state index in [0.29, 0.717) is 0 Å². The van der Waals surface area contributed by atoms with Crippen LogP contribution in [0.4, 0.5) is 18.9 Å². The number of rotatable bonds is 6. The standard InChI is InChI=1S/C28H27N3O2S.C2HF3O2/c1-28(2)26(21-11-4-5-12-22(21)31-28)30-25(32)17-19(15-18-9-8-10-20(16-18)33-3)27-29-23-13-6-7-14-24(23)34-27;3-2(4,5)1(6)7/h4-16,26,31H,17H2,1-3H3,(H,30,32);(H,6,7)/b19-15-;. The molecule has 214 valence electrons.